The van der Waals surface area contributed by atoms with Crippen molar-refractivity contribution in [2.24, 2.45) is 0 Å². The lowest BCUT2D eigenvalue weighted by atomic mass is 10.1. The Kier molecular flexibility index (Phi) is 7.17. The third kappa shape index (κ3) is 4.45. The molecule has 24 heavy (non-hydrogen) atoms. The molecule has 0 aliphatic heterocycles. The third-order valence-corrected chi connectivity index (χ3v) is 4.05. The summed E-state index contributed by atoms with van der Waals surface area (Å²) in [6, 6.07) is 1.30. The molecule has 0 aromatic heterocycles. The van der Waals surface area contributed by atoms with Crippen LogP contribution in [-0.2, 0) is 11.3 Å². The second-order valence-corrected chi connectivity index (χ2v) is 6.48. The molecule has 0 saturated carbocycles. The standard InChI is InChI=1S/C16H21Cl2NO5/c1-8(2)19(9(3)4)16(22)24-7-10-6-11(17)12(15(20)21)14(23-5)13(10)18/h6,8-9H,7H2,1-5H3,(H,20,21). The summed E-state index contributed by atoms with van der Waals surface area (Å²) in [7, 11) is 1.29. The molecular formula is C16H21Cl2NO5. The van der Waals surface area contributed by atoms with Gasteiger partial charge in [-0.05, 0) is 33.8 Å². The van der Waals surface area contributed by atoms with E-state index in [1.165, 1.54) is 13.2 Å². The SMILES string of the molecule is COc1c(Cl)c(COC(=O)N(C(C)C)C(C)C)cc(Cl)c1C(=O)O. The van der Waals surface area contributed by atoms with Gasteiger partial charge in [-0.25, -0.2) is 9.59 Å². The molecular weight excluding hydrogens is 357 g/mol. The quantitative estimate of drug-likeness (QED) is 0.791. The van der Waals surface area contributed by atoms with Gasteiger partial charge in [-0.15, -0.1) is 0 Å². The van der Waals surface area contributed by atoms with Gasteiger partial charge in [-0.1, -0.05) is 23.2 Å². The lowest BCUT2D eigenvalue weighted by Crippen LogP contribution is -2.42. The number of carbonyl (C=O) groups is 2. The third-order valence-electron chi connectivity index (χ3n) is 3.34. The largest absolute Gasteiger partial charge is 0.494 e. The molecule has 0 fully saturated rings. The number of halogens is 2. The van der Waals surface area contributed by atoms with Crippen LogP contribution in [0.25, 0.3) is 0 Å². The summed E-state index contributed by atoms with van der Waals surface area (Å²) in [6.45, 7) is 7.39. The minimum Gasteiger partial charge on any atom is -0.494 e. The first-order chi connectivity index (χ1) is 11.1. The Bertz CT molecular complexity index is 623. The maximum absolute atomic E-state index is 12.2. The molecule has 6 nitrogen and oxygen atoms in total. The number of carbonyl (C=O) groups excluding carboxylic acids is 1. The van der Waals surface area contributed by atoms with Gasteiger partial charge in [-0.3, -0.25) is 0 Å². The van der Waals surface area contributed by atoms with Crippen LogP contribution in [0.15, 0.2) is 6.07 Å². The highest BCUT2D eigenvalue weighted by molar-refractivity contribution is 6.37. The summed E-state index contributed by atoms with van der Waals surface area (Å²) < 4.78 is 10.3. The topological polar surface area (TPSA) is 76.1 Å². The first kappa shape index (κ1) is 20.4. The van der Waals surface area contributed by atoms with E-state index in [9.17, 15) is 14.7 Å². The van der Waals surface area contributed by atoms with Gasteiger partial charge in [0.25, 0.3) is 0 Å². The van der Waals surface area contributed by atoms with Gasteiger partial charge < -0.3 is 19.5 Å². The highest BCUT2D eigenvalue weighted by Crippen LogP contribution is 2.37. The van der Waals surface area contributed by atoms with Crippen molar-refractivity contribution in [3.63, 3.8) is 0 Å². The molecule has 1 aromatic rings. The molecule has 134 valence electrons. The second-order valence-electron chi connectivity index (χ2n) is 5.69. The van der Waals surface area contributed by atoms with Crippen LogP contribution in [0.4, 0.5) is 4.79 Å². The molecule has 0 heterocycles. The fraction of sp³-hybridized carbons (Fsp3) is 0.500. The Morgan fingerprint density at radius 2 is 1.75 bits per heavy atom. The van der Waals surface area contributed by atoms with Crippen molar-refractivity contribution in [2.45, 2.75) is 46.4 Å². The summed E-state index contributed by atoms with van der Waals surface area (Å²) in [5, 5.41) is 9.20. The molecule has 1 rings (SSSR count). The van der Waals surface area contributed by atoms with Crippen LogP contribution < -0.4 is 4.74 Å². The number of carboxylic acids is 1. The zero-order valence-electron chi connectivity index (χ0n) is 14.2. The number of methoxy groups -OCH3 is 1. The van der Waals surface area contributed by atoms with Crippen LogP contribution >= 0.6 is 23.2 Å². The molecule has 1 amide bonds. The van der Waals surface area contributed by atoms with Gasteiger partial charge >= 0.3 is 12.1 Å². The summed E-state index contributed by atoms with van der Waals surface area (Å²) in [5.74, 6) is -1.32. The van der Waals surface area contributed by atoms with Crippen molar-refractivity contribution >= 4 is 35.3 Å². The van der Waals surface area contributed by atoms with Gasteiger partial charge in [0.1, 0.15) is 12.2 Å². The van der Waals surface area contributed by atoms with Gasteiger partial charge in [0.15, 0.2) is 5.75 Å². The first-order valence-corrected chi connectivity index (χ1v) is 8.10. The lowest BCUT2D eigenvalue weighted by Gasteiger charge is -2.29. The van der Waals surface area contributed by atoms with E-state index in [0.717, 1.165) is 0 Å². The van der Waals surface area contributed by atoms with E-state index in [2.05, 4.69) is 0 Å². The van der Waals surface area contributed by atoms with E-state index >= 15 is 0 Å². The highest BCUT2D eigenvalue weighted by Gasteiger charge is 2.25. The molecule has 0 aliphatic carbocycles. The fourth-order valence-electron chi connectivity index (χ4n) is 2.38. The van der Waals surface area contributed by atoms with Gasteiger partial charge in [-0.2, -0.15) is 0 Å². The molecule has 8 heteroatoms. The summed E-state index contributed by atoms with van der Waals surface area (Å²) >= 11 is 12.2. The van der Waals surface area contributed by atoms with Crippen LogP contribution in [0.3, 0.4) is 0 Å². The fourth-order valence-corrected chi connectivity index (χ4v) is 2.96. The van der Waals surface area contributed by atoms with E-state index in [0.29, 0.717) is 5.56 Å². The first-order valence-electron chi connectivity index (χ1n) is 7.35. The molecule has 0 atom stereocenters. The highest BCUT2D eigenvalue weighted by atomic mass is 35.5. The molecule has 0 bridgehead atoms. The average Bonchev–Trinajstić information content (AvgIpc) is 2.45. The minimum atomic E-state index is -1.26. The number of benzene rings is 1. The van der Waals surface area contributed by atoms with Crippen molar-refractivity contribution in [1.82, 2.24) is 4.90 Å². The van der Waals surface area contributed by atoms with Crippen molar-refractivity contribution in [3.8, 4) is 5.75 Å². The average molecular weight is 378 g/mol. The van der Waals surface area contributed by atoms with Crippen LogP contribution in [0.1, 0.15) is 43.6 Å². The van der Waals surface area contributed by atoms with Crippen molar-refractivity contribution < 1.29 is 24.2 Å². The molecule has 0 radical (unpaired) electrons. The number of nitrogens with zero attached hydrogens (tertiary/aromatic N) is 1. The Morgan fingerprint density at radius 3 is 2.17 bits per heavy atom. The lowest BCUT2D eigenvalue weighted by molar-refractivity contribution is 0.0688. The van der Waals surface area contributed by atoms with E-state index in [1.54, 1.807) is 4.90 Å². The number of hydrogen-bond donors (Lipinski definition) is 1. The number of ether oxygens (including phenoxy) is 2. The summed E-state index contributed by atoms with van der Waals surface area (Å²) in [4.78, 5) is 25.1. The zero-order valence-corrected chi connectivity index (χ0v) is 15.7. The van der Waals surface area contributed by atoms with Crippen molar-refractivity contribution in [1.29, 1.82) is 0 Å². The number of aromatic carboxylic acids is 1. The Balaban J connectivity index is 3.07. The molecule has 1 aromatic carbocycles. The van der Waals surface area contributed by atoms with Crippen LogP contribution in [0.5, 0.6) is 5.75 Å². The van der Waals surface area contributed by atoms with E-state index in [-0.39, 0.29) is 40.0 Å². The van der Waals surface area contributed by atoms with E-state index in [4.69, 9.17) is 32.7 Å². The van der Waals surface area contributed by atoms with Crippen LogP contribution in [0, 0.1) is 0 Å². The number of rotatable bonds is 6. The molecule has 0 saturated heterocycles. The molecule has 0 unspecified atom stereocenters. The second kappa shape index (κ2) is 8.44. The molecule has 0 spiro atoms. The smallest absolute Gasteiger partial charge is 0.410 e. The minimum absolute atomic E-state index is 0.0273. The van der Waals surface area contributed by atoms with Crippen LogP contribution in [-0.4, -0.2) is 41.3 Å². The zero-order chi connectivity index (χ0) is 18.6. The Hall–Kier alpha value is -1.66. The van der Waals surface area contributed by atoms with E-state index < -0.39 is 12.1 Å². The monoisotopic (exact) mass is 377 g/mol. The van der Waals surface area contributed by atoms with Crippen LogP contribution in [0.2, 0.25) is 10.0 Å². The predicted octanol–water partition coefficient (Wildman–Crippen LogP) is 4.46. The molecule has 1 N–H and O–H groups in total. The van der Waals surface area contributed by atoms with Crippen molar-refractivity contribution in [2.75, 3.05) is 7.11 Å². The van der Waals surface area contributed by atoms with Gasteiger partial charge in [0.05, 0.1) is 17.2 Å². The Labute approximate surface area is 151 Å². The molecule has 0 aliphatic rings. The maximum atomic E-state index is 12.2. The summed E-state index contributed by atoms with van der Waals surface area (Å²) in [6.07, 6.45) is -0.492. The number of amides is 1. The van der Waals surface area contributed by atoms with Gasteiger partial charge in [0, 0.05) is 17.6 Å². The normalized spacial score (nSPS) is 10.9. The van der Waals surface area contributed by atoms with Gasteiger partial charge in [0.2, 0.25) is 0 Å². The maximum Gasteiger partial charge on any atom is 0.410 e. The van der Waals surface area contributed by atoms with Crippen molar-refractivity contribution in [3.05, 3.63) is 27.2 Å². The summed E-state index contributed by atoms with van der Waals surface area (Å²) in [5.41, 5.74) is 0.134. The Morgan fingerprint density at radius 1 is 1.21 bits per heavy atom. The number of hydrogen-bond acceptors (Lipinski definition) is 4. The van der Waals surface area contributed by atoms with E-state index in [1.807, 2.05) is 27.7 Å². The number of carboxylic acid groups (broad SMARTS) is 1. The predicted molar refractivity (Wildman–Crippen MR) is 92.3 cm³/mol.